The molecule has 0 atom stereocenters. The Labute approximate surface area is 182 Å². The van der Waals surface area contributed by atoms with E-state index in [2.05, 4.69) is 52.3 Å². The number of nitrogens with zero attached hydrogens (tertiary/aromatic N) is 3. The summed E-state index contributed by atoms with van der Waals surface area (Å²) in [4.78, 5) is 4.85. The molecule has 1 aromatic heterocycles. The topological polar surface area (TPSA) is 41.7 Å². The first-order valence-electron chi connectivity index (χ1n) is 10.8. The van der Waals surface area contributed by atoms with Gasteiger partial charge in [0.1, 0.15) is 18.1 Å². The molecule has 0 radical (unpaired) electrons. The molecule has 2 heterocycles. The number of benzene rings is 3. The number of fused-ring (bicyclic) bond motifs is 1. The lowest BCUT2D eigenvalue weighted by Gasteiger charge is -2.34. The molecular formula is C26H27N3O2. The second-order valence-electron chi connectivity index (χ2n) is 8.18. The molecule has 1 saturated heterocycles. The van der Waals surface area contributed by atoms with Crippen molar-refractivity contribution >= 4 is 16.5 Å². The molecule has 1 aliphatic heterocycles. The molecule has 4 aromatic rings. The van der Waals surface area contributed by atoms with Crippen molar-refractivity contribution in [1.82, 2.24) is 10.1 Å². The largest absolute Gasteiger partial charge is 0.486 e. The van der Waals surface area contributed by atoms with Crippen LogP contribution in [0.4, 0.5) is 5.69 Å². The summed E-state index contributed by atoms with van der Waals surface area (Å²) in [5.74, 6) is 1.59. The number of rotatable bonds is 5. The quantitative estimate of drug-likeness (QED) is 0.453. The average molecular weight is 414 g/mol. The van der Waals surface area contributed by atoms with Gasteiger partial charge in [-0.25, -0.2) is 0 Å². The van der Waals surface area contributed by atoms with Crippen LogP contribution in [0.1, 0.15) is 11.3 Å². The van der Waals surface area contributed by atoms with Crippen LogP contribution < -0.4 is 9.64 Å². The molecule has 0 saturated carbocycles. The van der Waals surface area contributed by atoms with Crippen LogP contribution in [0.3, 0.4) is 0 Å². The Hall–Kier alpha value is -3.31. The van der Waals surface area contributed by atoms with E-state index < -0.39 is 0 Å². The minimum absolute atomic E-state index is 0.355. The van der Waals surface area contributed by atoms with E-state index in [-0.39, 0.29) is 0 Å². The standard InChI is InChI=1S/C26H27N3O2/c1-19-25(31-27-26(19)21-7-4-3-5-8-21)18-30-22-12-11-20-9-6-10-24(23(20)17-22)29-15-13-28(2)14-16-29/h3-12,17H,13-16,18H2,1-2H3. The molecule has 0 unspecified atom stereocenters. The van der Waals surface area contributed by atoms with Crippen LogP contribution in [0.5, 0.6) is 5.75 Å². The van der Waals surface area contributed by atoms with E-state index in [1.807, 2.05) is 43.3 Å². The van der Waals surface area contributed by atoms with Crippen molar-refractivity contribution in [3.8, 4) is 17.0 Å². The lowest BCUT2D eigenvalue weighted by atomic mass is 10.1. The first kappa shape index (κ1) is 19.6. The van der Waals surface area contributed by atoms with Crippen molar-refractivity contribution in [2.24, 2.45) is 0 Å². The lowest BCUT2D eigenvalue weighted by molar-refractivity contribution is 0.249. The van der Waals surface area contributed by atoms with Gasteiger partial charge in [-0.2, -0.15) is 0 Å². The zero-order valence-corrected chi connectivity index (χ0v) is 18.0. The fraction of sp³-hybridized carbons (Fsp3) is 0.269. The van der Waals surface area contributed by atoms with Gasteiger partial charge in [0.2, 0.25) is 0 Å². The molecule has 0 amide bonds. The molecule has 5 nitrogen and oxygen atoms in total. The van der Waals surface area contributed by atoms with Crippen LogP contribution in [0, 0.1) is 6.92 Å². The fourth-order valence-electron chi connectivity index (χ4n) is 4.17. The van der Waals surface area contributed by atoms with Gasteiger partial charge in [-0.1, -0.05) is 53.7 Å². The van der Waals surface area contributed by atoms with Gasteiger partial charge in [0, 0.05) is 48.4 Å². The summed E-state index contributed by atoms with van der Waals surface area (Å²) in [6, 6.07) is 22.9. The number of ether oxygens (including phenoxy) is 1. The van der Waals surface area contributed by atoms with E-state index in [4.69, 9.17) is 9.26 Å². The van der Waals surface area contributed by atoms with E-state index in [1.54, 1.807) is 0 Å². The second kappa shape index (κ2) is 8.44. The number of anilines is 1. The molecule has 158 valence electrons. The SMILES string of the molecule is Cc1c(-c2ccccc2)noc1COc1ccc2cccc(N3CCN(C)CC3)c2c1. The third kappa shape index (κ3) is 4.01. The van der Waals surface area contributed by atoms with Gasteiger partial charge in [0.15, 0.2) is 5.76 Å². The first-order chi connectivity index (χ1) is 15.2. The highest BCUT2D eigenvalue weighted by atomic mass is 16.5. The minimum atomic E-state index is 0.355. The smallest absolute Gasteiger partial charge is 0.177 e. The Morgan fingerprint density at radius 3 is 2.55 bits per heavy atom. The number of likely N-dealkylation sites (N-methyl/N-ethyl adjacent to an activating group) is 1. The van der Waals surface area contributed by atoms with Crippen LogP contribution in [0.15, 0.2) is 71.3 Å². The Bertz CT molecular complexity index is 1180. The Kier molecular flexibility index (Phi) is 5.35. The molecule has 5 heteroatoms. The van der Waals surface area contributed by atoms with Crippen molar-refractivity contribution in [2.75, 3.05) is 38.1 Å². The van der Waals surface area contributed by atoms with Gasteiger partial charge in [-0.05, 0) is 37.6 Å². The monoisotopic (exact) mass is 413 g/mol. The highest BCUT2D eigenvalue weighted by Crippen LogP contribution is 2.31. The Morgan fingerprint density at radius 1 is 0.935 bits per heavy atom. The van der Waals surface area contributed by atoms with Gasteiger partial charge >= 0.3 is 0 Å². The third-order valence-corrected chi connectivity index (χ3v) is 6.11. The molecule has 1 aliphatic rings. The van der Waals surface area contributed by atoms with Crippen molar-refractivity contribution in [1.29, 1.82) is 0 Å². The Morgan fingerprint density at radius 2 is 1.74 bits per heavy atom. The summed E-state index contributed by atoms with van der Waals surface area (Å²) < 4.78 is 11.7. The number of aromatic nitrogens is 1. The molecule has 1 fully saturated rings. The molecule has 5 rings (SSSR count). The summed E-state index contributed by atoms with van der Waals surface area (Å²) in [6.07, 6.45) is 0. The van der Waals surface area contributed by atoms with Gasteiger partial charge in [-0.3, -0.25) is 0 Å². The maximum Gasteiger partial charge on any atom is 0.177 e. The maximum atomic E-state index is 6.13. The maximum absolute atomic E-state index is 6.13. The number of hydrogen-bond acceptors (Lipinski definition) is 5. The second-order valence-corrected chi connectivity index (χ2v) is 8.18. The van der Waals surface area contributed by atoms with E-state index in [9.17, 15) is 0 Å². The average Bonchev–Trinajstić information content (AvgIpc) is 3.18. The van der Waals surface area contributed by atoms with Gasteiger partial charge in [0.25, 0.3) is 0 Å². The molecule has 0 bridgehead atoms. The minimum Gasteiger partial charge on any atom is -0.486 e. The lowest BCUT2D eigenvalue weighted by Crippen LogP contribution is -2.44. The summed E-state index contributed by atoms with van der Waals surface area (Å²) in [5.41, 5.74) is 4.22. The molecule has 0 aliphatic carbocycles. The molecule has 3 aromatic carbocycles. The highest BCUT2D eigenvalue weighted by Gasteiger charge is 2.17. The summed E-state index contributed by atoms with van der Waals surface area (Å²) in [6.45, 7) is 6.64. The van der Waals surface area contributed by atoms with Crippen molar-refractivity contribution in [3.63, 3.8) is 0 Å². The predicted molar refractivity (Wildman–Crippen MR) is 125 cm³/mol. The van der Waals surface area contributed by atoms with Crippen molar-refractivity contribution in [2.45, 2.75) is 13.5 Å². The van der Waals surface area contributed by atoms with Gasteiger partial charge in [-0.15, -0.1) is 0 Å². The first-order valence-corrected chi connectivity index (χ1v) is 10.8. The van der Waals surface area contributed by atoms with Crippen LogP contribution in [-0.2, 0) is 6.61 Å². The third-order valence-electron chi connectivity index (χ3n) is 6.11. The number of hydrogen-bond donors (Lipinski definition) is 0. The van der Waals surface area contributed by atoms with Crippen LogP contribution in [-0.4, -0.2) is 43.3 Å². The number of piperazine rings is 1. The van der Waals surface area contributed by atoms with E-state index >= 15 is 0 Å². The van der Waals surface area contributed by atoms with E-state index in [1.165, 1.54) is 16.5 Å². The van der Waals surface area contributed by atoms with Gasteiger partial charge in [0.05, 0.1) is 0 Å². The zero-order chi connectivity index (χ0) is 21.2. The normalized spacial score (nSPS) is 14.8. The van der Waals surface area contributed by atoms with Crippen molar-refractivity contribution < 1.29 is 9.26 Å². The zero-order valence-electron chi connectivity index (χ0n) is 18.0. The van der Waals surface area contributed by atoms with Crippen LogP contribution in [0.2, 0.25) is 0 Å². The predicted octanol–water partition coefficient (Wildman–Crippen LogP) is 5.13. The molecule has 0 N–H and O–H groups in total. The summed E-state index contributed by atoms with van der Waals surface area (Å²) in [7, 11) is 2.18. The molecule has 31 heavy (non-hydrogen) atoms. The van der Waals surface area contributed by atoms with E-state index in [0.717, 1.165) is 54.5 Å². The fourth-order valence-corrected chi connectivity index (χ4v) is 4.17. The van der Waals surface area contributed by atoms with E-state index in [0.29, 0.717) is 6.61 Å². The highest BCUT2D eigenvalue weighted by molar-refractivity contribution is 5.95. The van der Waals surface area contributed by atoms with Crippen molar-refractivity contribution in [3.05, 3.63) is 78.1 Å². The summed E-state index contributed by atoms with van der Waals surface area (Å²) >= 11 is 0. The van der Waals surface area contributed by atoms with Gasteiger partial charge < -0.3 is 19.1 Å². The Balaban J connectivity index is 1.37. The van der Waals surface area contributed by atoms with Crippen LogP contribution in [0.25, 0.3) is 22.0 Å². The van der Waals surface area contributed by atoms with Crippen LogP contribution >= 0.6 is 0 Å². The molecule has 0 spiro atoms. The molecular weight excluding hydrogens is 386 g/mol. The summed E-state index contributed by atoms with van der Waals surface area (Å²) in [5, 5.41) is 6.72.